The average molecular weight is 333 g/mol. The van der Waals surface area contributed by atoms with Gasteiger partial charge in [-0.3, -0.25) is 0 Å². The molecule has 0 aliphatic rings. The minimum Gasteiger partial charge on any atom is -0.504 e. The number of aromatic hydroxyl groups is 1. The molecule has 0 saturated carbocycles. The van der Waals surface area contributed by atoms with Crippen LogP contribution in [0.3, 0.4) is 0 Å². The molecule has 0 aromatic heterocycles. The number of hydrogen-bond donors (Lipinski definition) is 2. The molecule has 0 bridgehead atoms. The van der Waals surface area contributed by atoms with Crippen molar-refractivity contribution in [3.05, 3.63) is 59.5 Å². The van der Waals surface area contributed by atoms with Gasteiger partial charge in [0.05, 0.1) is 7.11 Å². The molecule has 0 amide bonds. The number of rotatable bonds is 9. The lowest BCUT2D eigenvalue weighted by Gasteiger charge is -2.18. The largest absolute Gasteiger partial charge is 0.504 e. The van der Waals surface area contributed by atoms with Crippen molar-refractivity contribution in [3.8, 4) is 11.5 Å². The Bertz CT molecular complexity index is 606. The number of nitrogens with one attached hydrogen (secondary N) is 1. The van der Waals surface area contributed by atoms with Crippen LogP contribution >= 0.6 is 0 Å². The summed E-state index contributed by atoms with van der Waals surface area (Å²) in [5.74, 6) is 0.585. The van der Waals surface area contributed by atoms with Crippen LogP contribution in [-0.2, 0) is 0 Å². The molecule has 24 heavy (non-hydrogen) atoms. The van der Waals surface area contributed by atoms with E-state index in [1.54, 1.807) is 19.1 Å². The van der Waals surface area contributed by atoms with Gasteiger partial charge in [-0.15, -0.1) is 0 Å². The van der Waals surface area contributed by atoms with Crippen molar-refractivity contribution < 1.29 is 14.2 Å². The first-order valence-corrected chi connectivity index (χ1v) is 8.22. The highest BCUT2D eigenvalue weighted by Crippen LogP contribution is 2.32. The Morgan fingerprint density at radius 3 is 2.58 bits per heavy atom. The molecule has 1 atom stereocenters. The van der Waals surface area contributed by atoms with Gasteiger partial charge in [0.2, 0.25) is 0 Å². The lowest BCUT2D eigenvalue weighted by Crippen LogP contribution is -2.17. The molecule has 0 aliphatic carbocycles. The number of methoxy groups -OCH3 is 1. The minimum atomic E-state index is -0.193. The van der Waals surface area contributed by atoms with E-state index in [4.69, 9.17) is 4.74 Å². The maximum Gasteiger partial charge on any atom is 0.160 e. The Labute approximate surface area is 144 Å². The average Bonchev–Trinajstić information content (AvgIpc) is 2.58. The van der Waals surface area contributed by atoms with Crippen LogP contribution in [0.4, 0.5) is 4.39 Å². The third kappa shape index (κ3) is 5.85. The van der Waals surface area contributed by atoms with E-state index in [1.165, 1.54) is 13.2 Å². The highest BCUT2D eigenvalue weighted by molar-refractivity contribution is 5.43. The van der Waals surface area contributed by atoms with Crippen LogP contribution in [0.25, 0.3) is 0 Å². The van der Waals surface area contributed by atoms with Crippen molar-refractivity contribution in [2.75, 3.05) is 20.7 Å². The molecule has 0 radical (unpaired) electrons. The predicted molar refractivity (Wildman–Crippen MR) is 98.3 cm³/mol. The van der Waals surface area contributed by atoms with E-state index in [9.17, 15) is 9.50 Å². The smallest absolute Gasteiger partial charge is 0.160 e. The second kappa shape index (κ2) is 10.7. The summed E-state index contributed by atoms with van der Waals surface area (Å²) in [7, 11) is 3.43. The lowest BCUT2D eigenvalue weighted by atomic mass is 9.91. The molecular formula is C20H28FNO2. The second-order valence-electron chi connectivity index (χ2n) is 5.60. The monoisotopic (exact) mass is 333 g/mol. The molecule has 132 valence electrons. The number of phenolic OH excluding ortho intramolecular Hbond substituents is 1. The Hall–Kier alpha value is -2.07. The Kier molecular flexibility index (Phi) is 8.87. The van der Waals surface area contributed by atoms with Crippen LogP contribution in [0.5, 0.6) is 11.5 Å². The van der Waals surface area contributed by atoms with Crippen LogP contribution in [0.1, 0.15) is 38.2 Å². The van der Waals surface area contributed by atoms with E-state index in [2.05, 4.69) is 5.32 Å². The Balaban J connectivity index is 2.99. The summed E-state index contributed by atoms with van der Waals surface area (Å²) >= 11 is 0. The van der Waals surface area contributed by atoms with Gasteiger partial charge in [-0.2, -0.15) is 0 Å². The van der Waals surface area contributed by atoms with Crippen molar-refractivity contribution in [1.29, 1.82) is 0 Å². The number of likely N-dealkylation sites (N-methyl/N-ethyl adjacent to an activating group) is 1. The van der Waals surface area contributed by atoms with Gasteiger partial charge in [-0.05, 0) is 69.0 Å². The predicted octanol–water partition coefficient (Wildman–Crippen LogP) is 4.86. The molecule has 1 aromatic rings. The van der Waals surface area contributed by atoms with Crippen LogP contribution in [-0.4, -0.2) is 25.8 Å². The lowest BCUT2D eigenvalue weighted by molar-refractivity contribution is 0.372. The van der Waals surface area contributed by atoms with Crippen molar-refractivity contribution in [2.24, 2.45) is 0 Å². The zero-order chi connectivity index (χ0) is 17.9. The van der Waals surface area contributed by atoms with E-state index in [0.717, 1.165) is 18.5 Å². The van der Waals surface area contributed by atoms with Gasteiger partial charge in [0.25, 0.3) is 0 Å². The summed E-state index contributed by atoms with van der Waals surface area (Å²) in [6.07, 6.45) is 8.30. The van der Waals surface area contributed by atoms with E-state index >= 15 is 0 Å². The van der Waals surface area contributed by atoms with Crippen LogP contribution in [0, 0.1) is 0 Å². The van der Waals surface area contributed by atoms with Crippen LogP contribution < -0.4 is 10.1 Å². The number of phenols is 1. The molecular weight excluding hydrogens is 305 g/mol. The van der Waals surface area contributed by atoms with Gasteiger partial charge in [0.1, 0.15) is 5.83 Å². The Morgan fingerprint density at radius 1 is 1.29 bits per heavy atom. The maximum atomic E-state index is 14.1. The summed E-state index contributed by atoms with van der Waals surface area (Å²) in [4.78, 5) is 0. The molecule has 3 nitrogen and oxygen atoms in total. The molecule has 0 heterocycles. The molecule has 0 spiro atoms. The fraction of sp³-hybridized carbons (Fsp3) is 0.400. The van der Waals surface area contributed by atoms with Gasteiger partial charge >= 0.3 is 0 Å². The van der Waals surface area contributed by atoms with Crippen molar-refractivity contribution in [2.45, 2.75) is 32.6 Å². The molecule has 0 fully saturated rings. The standard InChI is InChI=1S/C20H28FNO2/c1-5-7-15(18(21)8-6-2)9-10-17(14-22-3)16-11-12-19(23)20(13-16)24-4/h5-8,11-13,17,22-23H,9-10,14H2,1-4H3/b7-5-,8-6-,18-15-. The molecule has 0 saturated heterocycles. The van der Waals surface area contributed by atoms with Crippen molar-refractivity contribution in [3.63, 3.8) is 0 Å². The van der Waals surface area contributed by atoms with Crippen molar-refractivity contribution in [1.82, 2.24) is 5.32 Å². The zero-order valence-corrected chi connectivity index (χ0v) is 15.0. The number of ether oxygens (including phenoxy) is 1. The Morgan fingerprint density at radius 2 is 2.00 bits per heavy atom. The second-order valence-corrected chi connectivity index (χ2v) is 5.60. The van der Waals surface area contributed by atoms with Crippen molar-refractivity contribution >= 4 is 0 Å². The zero-order valence-electron chi connectivity index (χ0n) is 15.0. The quantitative estimate of drug-likeness (QED) is 0.634. The number of halogens is 1. The third-order valence-corrected chi connectivity index (χ3v) is 3.88. The van der Waals surface area contributed by atoms with E-state index in [-0.39, 0.29) is 17.5 Å². The highest BCUT2D eigenvalue weighted by Gasteiger charge is 2.14. The van der Waals surface area contributed by atoms with E-state index in [1.807, 2.05) is 38.3 Å². The normalized spacial score (nSPS) is 14.2. The summed E-state index contributed by atoms with van der Waals surface area (Å²) in [5, 5.41) is 12.9. The van der Waals surface area contributed by atoms with Gasteiger partial charge in [0, 0.05) is 6.54 Å². The molecule has 0 aliphatic heterocycles. The topological polar surface area (TPSA) is 41.5 Å². The first-order valence-electron chi connectivity index (χ1n) is 8.22. The van der Waals surface area contributed by atoms with Gasteiger partial charge < -0.3 is 15.2 Å². The summed E-state index contributed by atoms with van der Waals surface area (Å²) in [6.45, 7) is 4.46. The van der Waals surface area contributed by atoms with Crippen LogP contribution in [0.2, 0.25) is 0 Å². The minimum absolute atomic E-state index is 0.123. The molecule has 2 N–H and O–H groups in total. The molecule has 1 unspecified atom stereocenters. The number of hydrogen-bond acceptors (Lipinski definition) is 3. The van der Waals surface area contributed by atoms with E-state index in [0.29, 0.717) is 17.7 Å². The SMILES string of the molecule is C\C=C/C(F)=C(\C=C/C)CCC(CNC)c1ccc(O)c(OC)c1. The molecule has 1 rings (SSSR count). The third-order valence-electron chi connectivity index (χ3n) is 3.88. The van der Waals surface area contributed by atoms with E-state index < -0.39 is 0 Å². The summed E-state index contributed by atoms with van der Waals surface area (Å²) in [6, 6.07) is 5.37. The number of benzene rings is 1. The van der Waals surface area contributed by atoms with Gasteiger partial charge in [0.15, 0.2) is 11.5 Å². The number of allylic oxidation sites excluding steroid dienone is 6. The molecule has 1 aromatic carbocycles. The highest BCUT2D eigenvalue weighted by atomic mass is 19.1. The summed E-state index contributed by atoms with van der Waals surface area (Å²) < 4.78 is 19.3. The fourth-order valence-electron chi connectivity index (χ4n) is 2.65. The van der Waals surface area contributed by atoms with Crippen LogP contribution in [0.15, 0.2) is 53.9 Å². The van der Waals surface area contributed by atoms with Gasteiger partial charge in [-0.1, -0.05) is 24.3 Å². The fourth-order valence-corrected chi connectivity index (χ4v) is 2.65. The summed E-state index contributed by atoms with van der Waals surface area (Å²) in [5.41, 5.74) is 1.76. The maximum absolute atomic E-state index is 14.1. The molecule has 4 heteroatoms. The first kappa shape index (κ1) is 20.0. The van der Waals surface area contributed by atoms with Gasteiger partial charge in [-0.25, -0.2) is 4.39 Å². The first-order chi connectivity index (χ1) is 11.6.